The summed E-state index contributed by atoms with van der Waals surface area (Å²) in [5, 5.41) is 22.0. The van der Waals surface area contributed by atoms with E-state index in [1.165, 1.54) is 4.68 Å². The maximum atomic E-state index is 14.9. The minimum atomic E-state index is -0.799. The highest BCUT2D eigenvalue weighted by molar-refractivity contribution is 5.78. The van der Waals surface area contributed by atoms with Crippen LogP contribution in [0.3, 0.4) is 0 Å². The Hall–Kier alpha value is -4.70. The molecular formula is C24H23FN10O2. The molecule has 5 rings (SSSR count). The maximum Gasteiger partial charge on any atom is 0.248 e. The van der Waals surface area contributed by atoms with Crippen molar-refractivity contribution in [2.45, 2.75) is 20.0 Å². The van der Waals surface area contributed by atoms with Crippen molar-refractivity contribution in [3.05, 3.63) is 59.3 Å². The predicted octanol–water partition coefficient (Wildman–Crippen LogP) is 1.41. The Balaban J connectivity index is 1.33. The Morgan fingerprint density at radius 2 is 2.08 bits per heavy atom. The van der Waals surface area contributed by atoms with Gasteiger partial charge >= 0.3 is 0 Å². The van der Waals surface area contributed by atoms with Crippen molar-refractivity contribution < 1.29 is 13.9 Å². The summed E-state index contributed by atoms with van der Waals surface area (Å²) in [4.78, 5) is 22.1. The van der Waals surface area contributed by atoms with Gasteiger partial charge in [-0.05, 0) is 24.6 Å². The Morgan fingerprint density at radius 1 is 1.22 bits per heavy atom. The van der Waals surface area contributed by atoms with E-state index >= 15 is 0 Å². The molecule has 0 aliphatic carbocycles. The van der Waals surface area contributed by atoms with Crippen LogP contribution >= 0.6 is 0 Å². The van der Waals surface area contributed by atoms with E-state index < -0.39 is 5.82 Å². The van der Waals surface area contributed by atoms with E-state index in [0.717, 1.165) is 5.69 Å². The molecule has 3 aromatic heterocycles. The number of ether oxygens (including phenoxy) is 1. The zero-order chi connectivity index (χ0) is 25.9. The van der Waals surface area contributed by atoms with E-state index in [0.29, 0.717) is 49.5 Å². The number of nitrogens with zero attached hydrogens (tertiary/aromatic N) is 9. The Labute approximate surface area is 211 Å². The molecular weight excluding hydrogens is 479 g/mol. The van der Waals surface area contributed by atoms with E-state index in [1.54, 1.807) is 40.9 Å². The molecule has 0 saturated carbocycles. The largest absolute Gasteiger partial charge is 0.381 e. The van der Waals surface area contributed by atoms with Gasteiger partial charge < -0.3 is 15.4 Å². The maximum absolute atomic E-state index is 14.9. The van der Waals surface area contributed by atoms with Crippen molar-refractivity contribution in [3.8, 4) is 28.8 Å². The Bertz CT molecular complexity index is 1510. The molecule has 1 aliphatic heterocycles. The smallest absolute Gasteiger partial charge is 0.248 e. The van der Waals surface area contributed by atoms with Crippen LogP contribution in [0.15, 0.2) is 36.7 Å². The fourth-order valence-corrected chi connectivity index (χ4v) is 4.03. The summed E-state index contributed by atoms with van der Waals surface area (Å²) in [7, 11) is 0. The van der Waals surface area contributed by atoms with Crippen molar-refractivity contribution in [1.29, 1.82) is 5.26 Å². The van der Waals surface area contributed by atoms with Crippen LogP contribution in [-0.4, -0.2) is 71.9 Å². The van der Waals surface area contributed by atoms with Crippen molar-refractivity contribution in [2.75, 3.05) is 32.0 Å². The number of nitriles is 1. The Morgan fingerprint density at radius 3 is 2.89 bits per heavy atom. The van der Waals surface area contributed by atoms with Crippen LogP contribution < -0.4 is 5.73 Å². The summed E-state index contributed by atoms with van der Waals surface area (Å²) in [6.07, 6.45) is 3.38. The highest BCUT2D eigenvalue weighted by Gasteiger charge is 2.20. The molecule has 2 N–H and O–H groups in total. The lowest BCUT2D eigenvalue weighted by Crippen LogP contribution is -2.43. The number of carbonyl (C=O) groups excluding carboxylic acids is 1. The lowest BCUT2D eigenvalue weighted by Gasteiger charge is -2.26. The molecule has 37 heavy (non-hydrogen) atoms. The first-order valence-corrected chi connectivity index (χ1v) is 11.5. The van der Waals surface area contributed by atoms with Gasteiger partial charge in [-0.15, -0.1) is 5.10 Å². The zero-order valence-corrected chi connectivity index (χ0v) is 20.0. The van der Waals surface area contributed by atoms with Crippen LogP contribution in [0.2, 0.25) is 0 Å². The minimum Gasteiger partial charge on any atom is -0.381 e. The summed E-state index contributed by atoms with van der Waals surface area (Å²) < 4.78 is 23.3. The number of rotatable bonds is 7. The Kier molecular flexibility index (Phi) is 6.57. The lowest BCUT2D eigenvalue weighted by molar-refractivity contribution is -0.142. The second-order valence-electron chi connectivity index (χ2n) is 8.49. The molecule has 12 nitrogen and oxygen atoms in total. The van der Waals surface area contributed by atoms with Gasteiger partial charge in [0.1, 0.15) is 18.0 Å². The molecule has 1 aliphatic rings. The van der Waals surface area contributed by atoms with Crippen LogP contribution in [0.4, 0.5) is 10.2 Å². The first-order chi connectivity index (χ1) is 17.9. The second-order valence-corrected chi connectivity index (χ2v) is 8.49. The van der Waals surface area contributed by atoms with E-state index in [-0.39, 0.29) is 35.5 Å². The SMILES string of the molecule is Cc1c(C#N)cccc1-c1nc(N)c(F)c(-c2cn(Cc3ccn(CCN4CCOCC4=O)n3)nn2)n1. The normalized spacial score (nSPS) is 13.6. The number of carbonyl (C=O) groups is 1. The van der Waals surface area contributed by atoms with Gasteiger partial charge in [0.05, 0.1) is 43.2 Å². The average molecular weight is 503 g/mol. The van der Waals surface area contributed by atoms with E-state index in [2.05, 4.69) is 31.4 Å². The standard InChI is InChI=1S/C24H23FN10O2/c1-15-16(11-26)3-2-4-18(15)24-28-22(21(25)23(27)29-24)19-13-35(32-30-19)12-17-5-6-34(31-17)8-7-33-9-10-37-14-20(33)36/h2-6,13H,7-10,12,14H2,1H3,(H2,27,28,29). The molecule has 1 saturated heterocycles. The van der Waals surface area contributed by atoms with Crippen molar-refractivity contribution in [1.82, 2.24) is 39.6 Å². The van der Waals surface area contributed by atoms with Crippen LogP contribution in [0.5, 0.6) is 0 Å². The number of anilines is 1. The number of benzene rings is 1. The first-order valence-electron chi connectivity index (χ1n) is 11.5. The summed E-state index contributed by atoms with van der Waals surface area (Å²) in [6.45, 7) is 4.39. The fourth-order valence-electron chi connectivity index (χ4n) is 4.03. The summed E-state index contributed by atoms with van der Waals surface area (Å²) in [6, 6.07) is 9.09. The number of nitrogens with two attached hydrogens (primary N) is 1. The minimum absolute atomic E-state index is 0.0255. The van der Waals surface area contributed by atoms with Gasteiger partial charge in [0.15, 0.2) is 17.5 Å². The number of halogens is 1. The molecule has 1 amide bonds. The van der Waals surface area contributed by atoms with Gasteiger partial charge in [0.25, 0.3) is 0 Å². The van der Waals surface area contributed by atoms with Gasteiger partial charge in [0, 0.05) is 24.8 Å². The average Bonchev–Trinajstić information content (AvgIpc) is 3.55. The van der Waals surface area contributed by atoms with Gasteiger partial charge in [-0.25, -0.2) is 19.0 Å². The van der Waals surface area contributed by atoms with Gasteiger partial charge in [-0.3, -0.25) is 9.48 Å². The third kappa shape index (κ3) is 5.00. The number of hydrogen-bond donors (Lipinski definition) is 1. The highest BCUT2D eigenvalue weighted by atomic mass is 19.1. The third-order valence-corrected chi connectivity index (χ3v) is 6.06. The van der Waals surface area contributed by atoms with Crippen molar-refractivity contribution in [3.63, 3.8) is 0 Å². The summed E-state index contributed by atoms with van der Waals surface area (Å²) >= 11 is 0. The monoisotopic (exact) mass is 502 g/mol. The molecule has 0 radical (unpaired) electrons. The van der Waals surface area contributed by atoms with Crippen molar-refractivity contribution in [2.24, 2.45) is 0 Å². The number of amides is 1. The van der Waals surface area contributed by atoms with Crippen LogP contribution in [0.1, 0.15) is 16.8 Å². The van der Waals surface area contributed by atoms with E-state index in [9.17, 15) is 14.4 Å². The van der Waals surface area contributed by atoms with Gasteiger partial charge in [-0.2, -0.15) is 10.4 Å². The number of nitrogen functional groups attached to an aromatic ring is 1. The molecule has 4 aromatic rings. The molecule has 4 heterocycles. The van der Waals surface area contributed by atoms with Gasteiger partial charge in [-0.1, -0.05) is 17.3 Å². The molecule has 188 valence electrons. The number of aromatic nitrogens is 7. The molecule has 0 atom stereocenters. The second kappa shape index (κ2) is 10.1. The quantitative estimate of drug-likeness (QED) is 0.395. The van der Waals surface area contributed by atoms with Crippen LogP contribution in [0.25, 0.3) is 22.8 Å². The molecule has 0 spiro atoms. The highest BCUT2D eigenvalue weighted by Crippen LogP contribution is 2.28. The summed E-state index contributed by atoms with van der Waals surface area (Å²) in [5.41, 5.74) is 8.37. The molecule has 1 fully saturated rings. The number of morpholine rings is 1. The molecule has 13 heteroatoms. The van der Waals surface area contributed by atoms with Crippen molar-refractivity contribution >= 4 is 11.7 Å². The topological polar surface area (TPSA) is 154 Å². The third-order valence-electron chi connectivity index (χ3n) is 6.06. The predicted molar refractivity (Wildman–Crippen MR) is 129 cm³/mol. The first kappa shape index (κ1) is 24.0. The number of hydrogen-bond acceptors (Lipinski definition) is 9. The van der Waals surface area contributed by atoms with Gasteiger partial charge in [0.2, 0.25) is 5.91 Å². The van der Waals surface area contributed by atoms with Crippen LogP contribution in [-0.2, 0) is 22.6 Å². The van der Waals surface area contributed by atoms with Crippen LogP contribution in [0, 0.1) is 24.1 Å². The molecule has 0 bridgehead atoms. The van der Waals surface area contributed by atoms with E-state index in [4.69, 9.17) is 10.5 Å². The molecule has 0 unspecified atom stereocenters. The molecule has 1 aromatic carbocycles. The zero-order valence-electron chi connectivity index (χ0n) is 20.0. The van der Waals surface area contributed by atoms with E-state index in [1.807, 2.05) is 12.3 Å². The fraction of sp³-hybridized carbons (Fsp3) is 0.292. The lowest BCUT2D eigenvalue weighted by atomic mass is 10.0. The summed E-state index contributed by atoms with van der Waals surface area (Å²) in [5.74, 6) is -0.960.